The van der Waals surface area contributed by atoms with Crippen LogP contribution in [-0.2, 0) is 22.7 Å². The van der Waals surface area contributed by atoms with Gasteiger partial charge >= 0.3 is 0 Å². The van der Waals surface area contributed by atoms with E-state index < -0.39 is 0 Å². The number of likely N-dealkylation sites (tertiary alicyclic amines) is 1. The molecular formula is C19H21NO2. The zero-order valence-electron chi connectivity index (χ0n) is 12.8. The van der Waals surface area contributed by atoms with Gasteiger partial charge in [-0.1, -0.05) is 60.7 Å². The predicted molar refractivity (Wildman–Crippen MR) is 86.1 cm³/mol. The average Bonchev–Trinajstić information content (AvgIpc) is 2.82. The lowest BCUT2D eigenvalue weighted by molar-refractivity contribution is -0.129. The van der Waals surface area contributed by atoms with Crippen molar-refractivity contribution in [1.82, 2.24) is 4.90 Å². The highest BCUT2D eigenvalue weighted by molar-refractivity contribution is 5.79. The van der Waals surface area contributed by atoms with E-state index in [1.165, 1.54) is 0 Å². The Bertz CT molecular complexity index is 612. The summed E-state index contributed by atoms with van der Waals surface area (Å²) in [4.78, 5) is 14.2. The first-order valence-corrected chi connectivity index (χ1v) is 7.73. The maximum Gasteiger partial charge on any atom is 0.225 e. The van der Waals surface area contributed by atoms with E-state index >= 15 is 0 Å². The standard InChI is InChI=1S/C19H21NO2/c1-15-18(22-14-17-10-6-3-7-11-17)12-19(21)20(15)13-16-8-4-2-5-9-16/h2-11,15,18H,12-14H2,1H3. The van der Waals surface area contributed by atoms with E-state index in [4.69, 9.17) is 4.74 Å². The minimum absolute atomic E-state index is 0.0311. The smallest absolute Gasteiger partial charge is 0.225 e. The molecule has 3 nitrogen and oxygen atoms in total. The summed E-state index contributed by atoms with van der Waals surface area (Å²) in [6, 6.07) is 20.3. The number of carbonyl (C=O) groups excluding carboxylic acids is 1. The van der Waals surface area contributed by atoms with Gasteiger partial charge in [0.05, 0.1) is 25.2 Å². The van der Waals surface area contributed by atoms with Crippen molar-refractivity contribution in [2.24, 2.45) is 0 Å². The quantitative estimate of drug-likeness (QED) is 0.846. The van der Waals surface area contributed by atoms with Gasteiger partial charge in [-0.25, -0.2) is 0 Å². The predicted octanol–water partition coefficient (Wildman–Crippen LogP) is 3.39. The largest absolute Gasteiger partial charge is 0.371 e. The van der Waals surface area contributed by atoms with E-state index in [9.17, 15) is 4.79 Å². The van der Waals surface area contributed by atoms with Gasteiger partial charge in [0.15, 0.2) is 0 Å². The first-order valence-electron chi connectivity index (χ1n) is 7.73. The van der Waals surface area contributed by atoms with Crippen LogP contribution in [0.15, 0.2) is 60.7 Å². The number of amides is 1. The van der Waals surface area contributed by atoms with Crippen LogP contribution in [0.3, 0.4) is 0 Å². The van der Waals surface area contributed by atoms with Crippen LogP contribution in [0.25, 0.3) is 0 Å². The summed E-state index contributed by atoms with van der Waals surface area (Å²) in [6.45, 7) is 3.29. The van der Waals surface area contributed by atoms with Crippen LogP contribution in [0.2, 0.25) is 0 Å². The minimum Gasteiger partial charge on any atom is -0.371 e. The van der Waals surface area contributed by atoms with Gasteiger partial charge < -0.3 is 9.64 Å². The Morgan fingerprint density at radius 1 is 1.00 bits per heavy atom. The van der Waals surface area contributed by atoms with E-state index in [0.29, 0.717) is 19.6 Å². The van der Waals surface area contributed by atoms with Crippen molar-refractivity contribution >= 4 is 5.91 Å². The van der Waals surface area contributed by atoms with Gasteiger partial charge in [-0.3, -0.25) is 4.79 Å². The fourth-order valence-corrected chi connectivity index (χ4v) is 2.88. The number of nitrogens with zero attached hydrogens (tertiary/aromatic N) is 1. The van der Waals surface area contributed by atoms with Gasteiger partial charge in [-0.15, -0.1) is 0 Å². The number of hydrogen-bond donors (Lipinski definition) is 0. The molecule has 1 saturated heterocycles. The van der Waals surface area contributed by atoms with Crippen molar-refractivity contribution in [3.8, 4) is 0 Å². The van der Waals surface area contributed by atoms with Crippen molar-refractivity contribution in [2.75, 3.05) is 0 Å². The van der Waals surface area contributed by atoms with E-state index in [2.05, 4.69) is 19.1 Å². The SMILES string of the molecule is CC1C(OCc2ccccc2)CC(=O)N1Cc1ccccc1. The van der Waals surface area contributed by atoms with E-state index in [1.54, 1.807) is 0 Å². The van der Waals surface area contributed by atoms with Gasteiger partial charge in [0, 0.05) is 6.54 Å². The average molecular weight is 295 g/mol. The third-order valence-corrected chi connectivity index (χ3v) is 4.23. The highest BCUT2D eigenvalue weighted by Crippen LogP contribution is 2.25. The second-order valence-electron chi connectivity index (χ2n) is 5.79. The van der Waals surface area contributed by atoms with Crippen LogP contribution in [0.5, 0.6) is 0 Å². The first kappa shape index (κ1) is 14.8. The topological polar surface area (TPSA) is 29.5 Å². The second-order valence-corrected chi connectivity index (χ2v) is 5.79. The summed E-state index contributed by atoms with van der Waals surface area (Å²) in [7, 11) is 0. The minimum atomic E-state index is -0.0311. The molecule has 2 unspecified atom stereocenters. The molecule has 0 N–H and O–H groups in total. The number of ether oxygens (including phenoxy) is 1. The van der Waals surface area contributed by atoms with Gasteiger partial charge in [0.2, 0.25) is 5.91 Å². The number of hydrogen-bond acceptors (Lipinski definition) is 2. The lowest BCUT2D eigenvalue weighted by Gasteiger charge is -2.25. The fourth-order valence-electron chi connectivity index (χ4n) is 2.88. The Hall–Kier alpha value is -2.13. The van der Waals surface area contributed by atoms with Crippen LogP contribution in [0.4, 0.5) is 0 Å². The Morgan fingerprint density at radius 2 is 1.59 bits per heavy atom. The molecule has 1 heterocycles. The summed E-state index contributed by atoms with van der Waals surface area (Å²) < 4.78 is 5.98. The van der Waals surface area contributed by atoms with E-state index in [0.717, 1.165) is 11.1 Å². The second kappa shape index (κ2) is 6.75. The molecular weight excluding hydrogens is 274 g/mol. The Balaban J connectivity index is 1.60. The lowest BCUT2D eigenvalue weighted by Crippen LogP contribution is -2.34. The molecule has 1 aliphatic heterocycles. The van der Waals surface area contributed by atoms with Crippen molar-refractivity contribution in [3.63, 3.8) is 0 Å². The monoisotopic (exact) mass is 295 g/mol. The molecule has 0 radical (unpaired) electrons. The number of rotatable bonds is 5. The molecule has 114 valence electrons. The number of carbonyl (C=O) groups is 1. The fraction of sp³-hybridized carbons (Fsp3) is 0.316. The zero-order valence-corrected chi connectivity index (χ0v) is 12.8. The molecule has 0 aromatic heterocycles. The van der Waals surface area contributed by atoms with Crippen LogP contribution in [0.1, 0.15) is 24.5 Å². The molecule has 22 heavy (non-hydrogen) atoms. The molecule has 3 rings (SSSR count). The molecule has 0 saturated carbocycles. The summed E-state index contributed by atoms with van der Waals surface area (Å²) in [5, 5.41) is 0. The lowest BCUT2D eigenvalue weighted by atomic mass is 10.1. The van der Waals surface area contributed by atoms with Gasteiger partial charge in [0.25, 0.3) is 0 Å². The normalized spacial score (nSPS) is 21.3. The van der Waals surface area contributed by atoms with Gasteiger partial charge in [0.1, 0.15) is 0 Å². The summed E-state index contributed by atoms with van der Waals surface area (Å²) in [5.74, 6) is 0.175. The van der Waals surface area contributed by atoms with Crippen LogP contribution in [0, 0.1) is 0 Å². The summed E-state index contributed by atoms with van der Waals surface area (Å²) >= 11 is 0. The Kier molecular flexibility index (Phi) is 4.54. The van der Waals surface area contributed by atoms with Crippen LogP contribution in [-0.4, -0.2) is 23.0 Å². The summed E-state index contributed by atoms with van der Waals surface area (Å²) in [5.41, 5.74) is 2.30. The third kappa shape index (κ3) is 3.37. The zero-order chi connectivity index (χ0) is 15.4. The van der Waals surface area contributed by atoms with E-state index in [1.807, 2.05) is 53.4 Å². The highest BCUT2D eigenvalue weighted by Gasteiger charge is 2.37. The maximum atomic E-state index is 12.3. The molecule has 2 aromatic rings. The maximum absolute atomic E-state index is 12.3. The molecule has 2 atom stereocenters. The van der Waals surface area contributed by atoms with Crippen molar-refractivity contribution in [1.29, 1.82) is 0 Å². The van der Waals surface area contributed by atoms with Crippen molar-refractivity contribution < 1.29 is 9.53 Å². The molecule has 0 aliphatic carbocycles. The number of benzene rings is 2. The van der Waals surface area contributed by atoms with Crippen LogP contribution < -0.4 is 0 Å². The molecule has 1 amide bonds. The molecule has 0 spiro atoms. The molecule has 0 bridgehead atoms. The first-order chi connectivity index (χ1) is 10.7. The molecule has 3 heteroatoms. The van der Waals surface area contributed by atoms with Gasteiger partial charge in [-0.05, 0) is 18.1 Å². The molecule has 2 aromatic carbocycles. The van der Waals surface area contributed by atoms with Crippen LogP contribution >= 0.6 is 0 Å². The van der Waals surface area contributed by atoms with Crippen molar-refractivity contribution in [2.45, 2.75) is 38.6 Å². The highest BCUT2D eigenvalue weighted by atomic mass is 16.5. The van der Waals surface area contributed by atoms with Crippen molar-refractivity contribution in [3.05, 3.63) is 71.8 Å². The summed E-state index contributed by atoms with van der Waals surface area (Å²) in [6.07, 6.45) is 0.442. The Morgan fingerprint density at radius 3 is 2.23 bits per heavy atom. The Labute approximate surface area is 131 Å². The molecule has 1 fully saturated rings. The van der Waals surface area contributed by atoms with E-state index in [-0.39, 0.29) is 18.1 Å². The van der Waals surface area contributed by atoms with Gasteiger partial charge in [-0.2, -0.15) is 0 Å². The molecule has 1 aliphatic rings. The third-order valence-electron chi connectivity index (χ3n) is 4.23.